The molecule has 1 unspecified atom stereocenters. The monoisotopic (exact) mass is 257 g/mol. The molecule has 0 radical (unpaired) electrons. The van der Waals surface area contributed by atoms with Crippen LogP contribution in [-0.2, 0) is 9.53 Å². The van der Waals surface area contributed by atoms with Crippen LogP contribution in [-0.4, -0.2) is 23.5 Å². The van der Waals surface area contributed by atoms with Crippen LogP contribution >= 0.6 is 22.6 Å². The largest absolute Gasteiger partial charge is 0.469 e. The first-order valence-electron chi connectivity index (χ1n) is 3.11. The van der Waals surface area contributed by atoms with E-state index in [1.807, 2.05) is 0 Å². The first-order valence-corrected chi connectivity index (χ1v) is 4.36. The number of nitrogens with two attached hydrogens (primary N) is 1. The summed E-state index contributed by atoms with van der Waals surface area (Å²) in [6.07, 6.45) is 1.34. The van der Waals surface area contributed by atoms with Crippen molar-refractivity contribution in [3.05, 3.63) is 0 Å². The molecule has 2 N–H and O–H groups in total. The van der Waals surface area contributed by atoms with E-state index in [0.29, 0.717) is 16.9 Å². The van der Waals surface area contributed by atoms with Crippen molar-refractivity contribution in [1.82, 2.24) is 0 Å². The molecule has 0 aromatic heterocycles. The second kappa shape index (κ2) is 5.91. The molecule has 3 nitrogen and oxygen atoms in total. The van der Waals surface area contributed by atoms with Gasteiger partial charge in [0.2, 0.25) is 0 Å². The van der Waals surface area contributed by atoms with Gasteiger partial charge in [0.1, 0.15) is 0 Å². The zero-order valence-electron chi connectivity index (χ0n) is 5.97. The molecule has 0 bridgehead atoms. The number of alkyl halides is 1. The van der Waals surface area contributed by atoms with E-state index in [0.717, 1.165) is 6.42 Å². The van der Waals surface area contributed by atoms with E-state index in [1.165, 1.54) is 7.11 Å². The molecule has 0 aliphatic carbocycles. The molecular formula is C6H12INO2. The Balaban J connectivity index is 3.37. The van der Waals surface area contributed by atoms with Gasteiger partial charge in [0.05, 0.1) is 13.5 Å². The van der Waals surface area contributed by atoms with E-state index >= 15 is 0 Å². The number of methoxy groups -OCH3 is 1. The van der Waals surface area contributed by atoms with Crippen LogP contribution in [0.5, 0.6) is 0 Å². The summed E-state index contributed by atoms with van der Waals surface area (Å²) < 4.78 is 4.80. The second-order valence-electron chi connectivity index (χ2n) is 1.95. The van der Waals surface area contributed by atoms with Gasteiger partial charge in [0.25, 0.3) is 0 Å². The number of rotatable bonds is 4. The number of ether oxygens (including phenoxy) is 1. The summed E-state index contributed by atoms with van der Waals surface area (Å²) in [5, 5.41) is 0. The minimum Gasteiger partial charge on any atom is -0.469 e. The minimum absolute atomic E-state index is 0.159. The number of hydrogen-bond acceptors (Lipinski definition) is 3. The van der Waals surface area contributed by atoms with Crippen molar-refractivity contribution in [3.63, 3.8) is 0 Å². The summed E-state index contributed by atoms with van der Waals surface area (Å²) in [4.78, 5) is 10.6. The van der Waals surface area contributed by atoms with Gasteiger partial charge in [0, 0.05) is 3.92 Å². The molecule has 0 aromatic carbocycles. The van der Waals surface area contributed by atoms with Gasteiger partial charge >= 0.3 is 5.97 Å². The molecule has 60 valence electrons. The SMILES string of the molecule is COC(=O)CC(I)CCN. The van der Waals surface area contributed by atoms with Gasteiger partial charge in [-0.1, -0.05) is 22.6 Å². The summed E-state index contributed by atoms with van der Waals surface area (Å²) in [6.45, 7) is 0.630. The molecule has 0 rings (SSSR count). The Labute approximate surface area is 74.4 Å². The molecule has 0 heterocycles. The van der Waals surface area contributed by atoms with Crippen LogP contribution in [0.4, 0.5) is 0 Å². The number of carbonyl (C=O) groups is 1. The van der Waals surface area contributed by atoms with Crippen molar-refractivity contribution < 1.29 is 9.53 Å². The Kier molecular flexibility index (Phi) is 6.00. The lowest BCUT2D eigenvalue weighted by Gasteiger charge is -2.04. The fourth-order valence-electron chi connectivity index (χ4n) is 0.547. The highest BCUT2D eigenvalue weighted by Gasteiger charge is 2.08. The molecule has 0 saturated carbocycles. The fourth-order valence-corrected chi connectivity index (χ4v) is 1.27. The maximum atomic E-state index is 10.6. The van der Waals surface area contributed by atoms with Crippen molar-refractivity contribution in [1.29, 1.82) is 0 Å². The third kappa shape index (κ3) is 4.99. The fraction of sp³-hybridized carbons (Fsp3) is 0.833. The predicted octanol–water partition coefficient (Wildman–Crippen LogP) is 0.702. The highest BCUT2D eigenvalue weighted by molar-refractivity contribution is 14.1. The molecule has 0 spiro atoms. The minimum atomic E-state index is -0.159. The van der Waals surface area contributed by atoms with Gasteiger partial charge in [-0.25, -0.2) is 0 Å². The van der Waals surface area contributed by atoms with E-state index in [4.69, 9.17) is 5.73 Å². The molecule has 1 atom stereocenters. The summed E-state index contributed by atoms with van der Waals surface area (Å²) in [6, 6.07) is 0. The maximum absolute atomic E-state index is 10.6. The Morgan fingerprint density at radius 3 is 2.80 bits per heavy atom. The lowest BCUT2D eigenvalue weighted by atomic mass is 10.2. The molecule has 10 heavy (non-hydrogen) atoms. The number of carbonyl (C=O) groups excluding carboxylic acids is 1. The van der Waals surface area contributed by atoms with Gasteiger partial charge < -0.3 is 10.5 Å². The molecule has 0 aliphatic rings. The smallest absolute Gasteiger partial charge is 0.306 e. The average Bonchev–Trinajstić information content (AvgIpc) is 1.88. The summed E-state index contributed by atoms with van der Waals surface area (Å²) in [5.74, 6) is -0.159. The Morgan fingerprint density at radius 1 is 1.80 bits per heavy atom. The van der Waals surface area contributed by atoms with E-state index < -0.39 is 0 Å². The highest BCUT2D eigenvalue weighted by atomic mass is 127. The molecular weight excluding hydrogens is 245 g/mol. The number of hydrogen-bond donors (Lipinski definition) is 1. The summed E-state index contributed by atoms with van der Waals surface area (Å²) >= 11 is 2.20. The van der Waals surface area contributed by atoms with E-state index in [-0.39, 0.29) is 5.97 Å². The number of esters is 1. The van der Waals surface area contributed by atoms with Crippen LogP contribution in [0.2, 0.25) is 0 Å². The van der Waals surface area contributed by atoms with Crippen molar-refractivity contribution in [2.75, 3.05) is 13.7 Å². The molecule has 0 amide bonds. The lowest BCUT2D eigenvalue weighted by Crippen LogP contribution is -2.13. The van der Waals surface area contributed by atoms with Crippen LogP contribution in [0.1, 0.15) is 12.8 Å². The Hall–Kier alpha value is 0.160. The zero-order chi connectivity index (χ0) is 7.98. The summed E-state index contributed by atoms with van der Waals surface area (Å²) in [5.41, 5.74) is 5.29. The first-order chi connectivity index (χ1) is 4.70. The number of halogens is 1. The van der Waals surface area contributed by atoms with E-state index in [1.54, 1.807) is 0 Å². The van der Waals surface area contributed by atoms with Crippen molar-refractivity contribution in [2.24, 2.45) is 5.73 Å². The highest BCUT2D eigenvalue weighted by Crippen LogP contribution is 2.09. The molecule has 0 aliphatic heterocycles. The third-order valence-corrected chi connectivity index (χ3v) is 2.16. The van der Waals surface area contributed by atoms with Crippen LogP contribution in [0.15, 0.2) is 0 Å². The van der Waals surface area contributed by atoms with E-state index in [9.17, 15) is 4.79 Å². The molecule has 0 fully saturated rings. The molecule has 0 saturated heterocycles. The normalized spacial score (nSPS) is 12.7. The first kappa shape index (κ1) is 10.2. The molecule has 4 heteroatoms. The predicted molar refractivity (Wildman–Crippen MR) is 48.1 cm³/mol. The van der Waals surface area contributed by atoms with Crippen LogP contribution < -0.4 is 5.73 Å². The Bertz CT molecular complexity index is 108. The second-order valence-corrected chi connectivity index (χ2v) is 3.72. The quantitative estimate of drug-likeness (QED) is 0.458. The summed E-state index contributed by atoms with van der Waals surface area (Å²) in [7, 11) is 1.40. The van der Waals surface area contributed by atoms with Gasteiger partial charge in [0.15, 0.2) is 0 Å². The molecule has 0 aromatic rings. The zero-order valence-corrected chi connectivity index (χ0v) is 8.13. The Morgan fingerprint density at radius 2 is 2.40 bits per heavy atom. The van der Waals surface area contributed by atoms with Crippen molar-refractivity contribution in [3.8, 4) is 0 Å². The van der Waals surface area contributed by atoms with Gasteiger partial charge in [-0.05, 0) is 13.0 Å². The average molecular weight is 257 g/mol. The van der Waals surface area contributed by atoms with Crippen LogP contribution in [0.3, 0.4) is 0 Å². The topological polar surface area (TPSA) is 52.3 Å². The third-order valence-electron chi connectivity index (χ3n) is 1.10. The standard InChI is InChI=1S/C6H12INO2/c1-10-6(9)4-5(7)2-3-8/h5H,2-4,8H2,1H3. The maximum Gasteiger partial charge on any atom is 0.306 e. The van der Waals surface area contributed by atoms with Crippen molar-refractivity contribution >= 4 is 28.6 Å². The van der Waals surface area contributed by atoms with Crippen LogP contribution in [0.25, 0.3) is 0 Å². The van der Waals surface area contributed by atoms with E-state index in [2.05, 4.69) is 27.3 Å². The van der Waals surface area contributed by atoms with Gasteiger partial charge in [-0.3, -0.25) is 4.79 Å². The van der Waals surface area contributed by atoms with Crippen LogP contribution in [0, 0.1) is 0 Å². The lowest BCUT2D eigenvalue weighted by molar-refractivity contribution is -0.140. The van der Waals surface area contributed by atoms with Crippen molar-refractivity contribution in [2.45, 2.75) is 16.8 Å². The van der Waals surface area contributed by atoms with Gasteiger partial charge in [-0.15, -0.1) is 0 Å². The van der Waals surface area contributed by atoms with Gasteiger partial charge in [-0.2, -0.15) is 0 Å².